The number of anilines is 1. The first kappa shape index (κ1) is 17.5. The number of aromatic nitrogens is 2. The zero-order valence-electron chi connectivity index (χ0n) is 15.1. The first-order chi connectivity index (χ1) is 12.0. The number of aryl methyl sites for hydroxylation is 1. The van der Waals surface area contributed by atoms with E-state index in [0.29, 0.717) is 23.4 Å². The number of nitrogens with one attached hydrogen (secondary N) is 1. The van der Waals surface area contributed by atoms with Gasteiger partial charge in [-0.15, -0.1) is 0 Å². The van der Waals surface area contributed by atoms with Crippen LogP contribution in [0, 0.1) is 5.41 Å². The molecular formula is C18H26N4O3. The average molecular weight is 346 g/mol. The third kappa shape index (κ3) is 3.42. The number of benzene rings is 1. The summed E-state index contributed by atoms with van der Waals surface area (Å²) in [5.74, 6) is 0.919. The molecule has 0 radical (unpaired) electrons. The molecule has 2 aromatic rings. The summed E-state index contributed by atoms with van der Waals surface area (Å²) in [5.41, 5.74) is 7.67. The number of nitrogens with two attached hydrogens (primary N) is 1. The molecule has 1 fully saturated rings. The largest absolute Gasteiger partial charge is 0.491 e. The van der Waals surface area contributed by atoms with Gasteiger partial charge in [-0.3, -0.25) is 4.79 Å². The third-order valence-corrected chi connectivity index (χ3v) is 4.63. The van der Waals surface area contributed by atoms with Crippen LogP contribution in [-0.2, 0) is 11.3 Å². The van der Waals surface area contributed by atoms with Gasteiger partial charge < -0.3 is 25.1 Å². The fraction of sp³-hybridized carbons (Fsp3) is 0.556. The molecule has 3 N–H and O–H groups in total. The lowest BCUT2D eigenvalue weighted by Gasteiger charge is -2.37. The van der Waals surface area contributed by atoms with Crippen molar-refractivity contribution in [3.05, 3.63) is 17.7 Å². The summed E-state index contributed by atoms with van der Waals surface area (Å²) < 4.78 is 13.5. The van der Waals surface area contributed by atoms with Gasteiger partial charge in [0.05, 0.1) is 25.3 Å². The predicted octanol–water partition coefficient (Wildman–Crippen LogP) is 2.39. The Morgan fingerprint density at radius 3 is 2.80 bits per heavy atom. The second kappa shape index (κ2) is 6.92. The molecule has 0 bridgehead atoms. The van der Waals surface area contributed by atoms with Gasteiger partial charge in [0.25, 0.3) is 0 Å². The van der Waals surface area contributed by atoms with Gasteiger partial charge in [0.1, 0.15) is 11.3 Å². The van der Waals surface area contributed by atoms with E-state index >= 15 is 0 Å². The third-order valence-electron chi connectivity index (χ3n) is 4.63. The highest BCUT2D eigenvalue weighted by atomic mass is 16.5. The molecule has 0 saturated carbocycles. The zero-order chi connectivity index (χ0) is 18.0. The van der Waals surface area contributed by atoms with Crippen molar-refractivity contribution in [2.24, 2.45) is 11.1 Å². The number of hydrogen-bond acceptors (Lipinski definition) is 5. The number of carbonyl (C=O) groups is 1. The van der Waals surface area contributed by atoms with Crippen molar-refractivity contribution in [1.82, 2.24) is 9.55 Å². The maximum absolute atomic E-state index is 11.7. The van der Waals surface area contributed by atoms with Crippen LogP contribution in [0.1, 0.15) is 37.0 Å². The highest BCUT2D eigenvalue weighted by Crippen LogP contribution is 2.33. The summed E-state index contributed by atoms with van der Waals surface area (Å²) in [7, 11) is 1.83. The van der Waals surface area contributed by atoms with Crippen molar-refractivity contribution in [2.75, 3.05) is 32.2 Å². The lowest BCUT2D eigenvalue weighted by Crippen LogP contribution is -2.40. The second-order valence-corrected chi connectivity index (χ2v) is 6.95. The van der Waals surface area contributed by atoms with E-state index < -0.39 is 5.91 Å². The number of rotatable bonds is 8. The Kier molecular flexibility index (Phi) is 4.85. The lowest BCUT2D eigenvalue weighted by molar-refractivity contribution is -0.109. The summed E-state index contributed by atoms with van der Waals surface area (Å²) in [5, 5.41) is 3.11. The Labute approximate surface area is 147 Å². The van der Waals surface area contributed by atoms with Gasteiger partial charge in [-0.2, -0.15) is 0 Å². The quantitative estimate of drug-likeness (QED) is 0.766. The van der Waals surface area contributed by atoms with Gasteiger partial charge in [0.2, 0.25) is 11.9 Å². The van der Waals surface area contributed by atoms with E-state index in [1.54, 1.807) is 12.1 Å². The van der Waals surface area contributed by atoms with Crippen molar-refractivity contribution < 1.29 is 14.3 Å². The van der Waals surface area contributed by atoms with Crippen molar-refractivity contribution >= 4 is 22.9 Å². The summed E-state index contributed by atoms with van der Waals surface area (Å²) in [6.07, 6.45) is 1.86. The number of nitrogens with zero attached hydrogens (tertiary/aromatic N) is 2. The van der Waals surface area contributed by atoms with Crippen LogP contribution in [-0.4, -0.2) is 42.3 Å². The van der Waals surface area contributed by atoms with Gasteiger partial charge in [-0.1, -0.05) is 13.8 Å². The van der Waals surface area contributed by atoms with E-state index in [1.807, 2.05) is 7.05 Å². The zero-order valence-corrected chi connectivity index (χ0v) is 15.1. The molecule has 136 valence electrons. The molecule has 2 heterocycles. The van der Waals surface area contributed by atoms with E-state index in [4.69, 9.17) is 15.2 Å². The Morgan fingerprint density at radius 1 is 1.48 bits per heavy atom. The molecule has 0 aliphatic carbocycles. The van der Waals surface area contributed by atoms with Gasteiger partial charge in [-0.25, -0.2) is 4.98 Å². The Morgan fingerprint density at radius 2 is 2.24 bits per heavy atom. The molecule has 25 heavy (non-hydrogen) atoms. The maximum atomic E-state index is 11.7. The Balaban J connectivity index is 1.97. The molecule has 7 nitrogen and oxygen atoms in total. The standard InChI is InChI=1S/C18H26N4O3/c1-4-6-22-15-13(21-17(22)20-3)8-12(16(19)23)9-14(15)25-7-5-18(2)10-24-11-18/h8-9H,4-7,10-11H2,1-3H3,(H2,19,23)(H,20,21). The molecule has 7 heteroatoms. The SMILES string of the molecule is CCCn1c(NC)nc2cc(C(N)=O)cc(OCCC3(C)COC3)c21. The molecule has 1 aromatic heterocycles. The van der Waals surface area contributed by atoms with Crippen LogP contribution in [0.15, 0.2) is 12.1 Å². The van der Waals surface area contributed by atoms with Crippen molar-refractivity contribution in [1.29, 1.82) is 0 Å². The average Bonchev–Trinajstić information content (AvgIpc) is 2.91. The van der Waals surface area contributed by atoms with Crippen molar-refractivity contribution in [2.45, 2.75) is 33.2 Å². The molecule has 1 saturated heterocycles. The van der Waals surface area contributed by atoms with E-state index in [9.17, 15) is 4.79 Å². The molecular weight excluding hydrogens is 320 g/mol. The van der Waals surface area contributed by atoms with Crippen LogP contribution in [0.25, 0.3) is 11.0 Å². The number of amides is 1. The Hall–Kier alpha value is -2.28. The van der Waals surface area contributed by atoms with E-state index in [1.165, 1.54) is 0 Å². The predicted molar refractivity (Wildman–Crippen MR) is 97.1 cm³/mol. The number of imidazole rings is 1. The number of hydrogen-bond donors (Lipinski definition) is 2. The van der Waals surface area contributed by atoms with Crippen LogP contribution in [0.2, 0.25) is 0 Å². The highest BCUT2D eigenvalue weighted by molar-refractivity contribution is 5.98. The van der Waals surface area contributed by atoms with Gasteiger partial charge in [-0.05, 0) is 25.0 Å². The minimum absolute atomic E-state index is 0.181. The molecule has 0 atom stereocenters. The number of fused-ring (bicyclic) bond motifs is 1. The van der Waals surface area contributed by atoms with Crippen LogP contribution in [0.3, 0.4) is 0 Å². The minimum Gasteiger partial charge on any atom is -0.491 e. The molecule has 0 unspecified atom stereocenters. The van der Waals surface area contributed by atoms with Crippen LogP contribution in [0.4, 0.5) is 5.95 Å². The van der Waals surface area contributed by atoms with Gasteiger partial charge >= 0.3 is 0 Å². The second-order valence-electron chi connectivity index (χ2n) is 6.95. The van der Waals surface area contributed by atoms with Crippen molar-refractivity contribution in [3.8, 4) is 5.75 Å². The fourth-order valence-electron chi connectivity index (χ4n) is 3.12. The van der Waals surface area contributed by atoms with Gasteiger partial charge in [0, 0.05) is 24.6 Å². The fourth-order valence-corrected chi connectivity index (χ4v) is 3.12. The normalized spacial score (nSPS) is 15.8. The summed E-state index contributed by atoms with van der Waals surface area (Å²) in [6.45, 7) is 7.21. The first-order valence-electron chi connectivity index (χ1n) is 8.70. The summed E-state index contributed by atoms with van der Waals surface area (Å²) in [4.78, 5) is 16.3. The monoisotopic (exact) mass is 346 g/mol. The lowest BCUT2D eigenvalue weighted by atomic mass is 9.85. The van der Waals surface area contributed by atoms with Crippen LogP contribution >= 0.6 is 0 Å². The molecule has 3 rings (SSSR count). The number of ether oxygens (including phenoxy) is 2. The van der Waals surface area contributed by atoms with E-state index in [2.05, 4.69) is 28.7 Å². The maximum Gasteiger partial charge on any atom is 0.248 e. The summed E-state index contributed by atoms with van der Waals surface area (Å²) >= 11 is 0. The topological polar surface area (TPSA) is 91.4 Å². The highest BCUT2D eigenvalue weighted by Gasteiger charge is 2.33. The smallest absolute Gasteiger partial charge is 0.248 e. The van der Waals surface area contributed by atoms with E-state index in [-0.39, 0.29) is 5.41 Å². The van der Waals surface area contributed by atoms with Crippen molar-refractivity contribution in [3.63, 3.8) is 0 Å². The first-order valence-corrected chi connectivity index (χ1v) is 8.70. The van der Waals surface area contributed by atoms with E-state index in [0.717, 1.165) is 44.1 Å². The molecule has 1 aliphatic heterocycles. The van der Waals surface area contributed by atoms with Crippen LogP contribution < -0.4 is 15.8 Å². The molecule has 0 spiro atoms. The Bertz CT molecular complexity index is 780. The minimum atomic E-state index is -0.484. The summed E-state index contributed by atoms with van der Waals surface area (Å²) in [6, 6.07) is 3.44. The molecule has 1 amide bonds. The molecule has 1 aromatic carbocycles. The van der Waals surface area contributed by atoms with Crippen LogP contribution in [0.5, 0.6) is 5.75 Å². The molecule has 1 aliphatic rings. The van der Waals surface area contributed by atoms with Gasteiger partial charge in [0.15, 0.2) is 0 Å². The number of carbonyl (C=O) groups excluding carboxylic acids is 1. The number of primary amides is 1.